The number of fused-ring (bicyclic) bond motifs is 1. The second-order valence-corrected chi connectivity index (χ2v) is 15.6. The maximum absolute atomic E-state index is 13.2. The van der Waals surface area contributed by atoms with Crippen molar-refractivity contribution >= 4 is 40.6 Å². The van der Waals surface area contributed by atoms with Crippen LogP contribution in [0.15, 0.2) is 30.5 Å². The van der Waals surface area contributed by atoms with Crippen molar-refractivity contribution in [3.05, 3.63) is 41.7 Å². The normalized spacial score (nSPS) is 11.9. The number of anilines is 2. The van der Waals surface area contributed by atoms with Gasteiger partial charge < -0.3 is 78.9 Å². The molecule has 0 aliphatic rings. The van der Waals surface area contributed by atoms with Gasteiger partial charge in [-0.25, -0.2) is 14.8 Å². The number of nitrogens with one attached hydrogen (secondary N) is 3. The topological polar surface area (TPSA) is 287 Å². The molecule has 6 N–H and O–H groups in total. The molecular formula is C46H70N8O15. The summed E-state index contributed by atoms with van der Waals surface area (Å²) in [5.41, 5.74) is 6.48. The summed E-state index contributed by atoms with van der Waals surface area (Å²) in [4.78, 5) is 55.0. The highest BCUT2D eigenvalue weighted by atomic mass is 16.6. The molecule has 23 nitrogen and oxygen atoms in total. The lowest BCUT2D eigenvalue weighted by atomic mass is 10.1. The number of ether oxygens (including phenoxy) is 11. The number of nitrogens with two attached hydrogens (primary N) is 1. The van der Waals surface area contributed by atoms with Crippen LogP contribution in [0, 0.1) is 12.3 Å². The highest BCUT2D eigenvalue weighted by molar-refractivity contribution is 5.97. The standard InChI is InChI=1S/C46H70N8O15/c1-5-13-59-15-17-61-19-21-63-23-25-65-27-29-67-31-32-68-30-28-66-26-24-64-22-20-62-18-16-60-14-12-48-39(55)11-10-38(44(58)69-46(2,3)4)52-42(56)35-6-8-36(9-7-35)49-33-37-34-50-41-40(51-37)43(57)54-45(47)53-41/h1,6-9,34,38,49H,10-33H2,2-4H3,(H,48,55)(H,52,56)(H3,47,50,53,54,57)/t38-/m0/s1. The van der Waals surface area contributed by atoms with E-state index in [-0.39, 0.29) is 73.6 Å². The summed E-state index contributed by atoms with van der Waals surface area (Å²) in [6, 6.07) is 5.47. The van der Waals surface area contributed by atoms with Gasteiger partial charge >= 0.3 is 5.97 Å². The van der Waals surface area contributed by atoms with Crippen LogP contribution in [-0.2, 0) is 68.2 Å². The number of nitrogens with zero attached hydrogens (tertiary/aromatic N) is 4. The number of terminal acetylenes is 1. The van der Waals surface area contributed by atoms with Gasteiger partial charge in [0, 0.05) is 24.2 Å². The summed E-state index contributed by atoms with van der Waals surface area (Å²) < 4.78 is 59.9. The molecule has 0 aliphatic carbocycles. The number of aromatic hydroxyl groups is 1. The molecule has 0 bridgehead atoms. The fraction of sp³-hybridized carbons (Fsp3) is 0.630. The Balaban J connectivity index is 1.13. The van der Waals surface area contributed by atoms with Crippen molar-refractivity contribution in [2.75, 3.05) is 150 Å². The van der Waals surface area contributed by atoms with Gasteiger partial charge in [0.05, 0.1) is 144 Å². The van der Waals surface area contributed by atoms with Crippen LogP contribution in [0.4, 0.5) is 11.6 Å². The monoisotopic (exact) mass is 974 g/mol. The second-order valence-electron chi connectivity index (χ2n) is 15.6. The van der Waals surface area contributed by atoms with E-state index in [0.717, 1.165) is 0 Å². The lowest BCUT2D eigenvalue weighted by Crippen LogP contribution is -2.45. The van der Waals surface area contributed by atoms with E-state index < -0.39 is 23.5 Å². The van der Waals surface area contributed by atoms with E-state index in [1.807, 2.05) is 0 Å². The number of nitrogen functional groups attached to an aromatic ring is 1. The van der Waals surface area contributed by atoms with E-state index in [1.165, 1.54) is 6.20 Å². The molecule has 0 spiro atoms. The highest BCUT2D eigenvalue weighted by Gasteiger charge is 2.27. The molecule has 69 heavy (non-hydrogen) atoms. The fourth-order valence-electron chi connectivity index (χ4n) is 5.56. The second kappa shape index (κ2) is 35.7. The maximum atomic E-state index is 13.2. The Kier molecular flexibility index (Phi) is 30.0. The molecule has 0 radical (unpaired) electrons. The van der Waals surface area contributed by atoms with Crippen LogP contribution in [0.1, 0.15) is 49.7 Å². The number of hydrogen-bond acceptors (Lipinski definition) is 21. The van der Waals surface area contributed by atoms with Crippen LogP contribution in [-0.4, -0.2) is 193 Å². The molecule has 0 aliphatic heterocycles. The van der Waals surface area contributed by atoms with Crippen molar-refractivity contribution in [1.82, 2.24) is 30.6 Å². The van der Waals surface area contributed by atoms with Gasteiger partial charge in [-0.05, 0) is 51.5 Å². The minimum absolute atomic E-state index is 0.0149. The van der Waals surface area contributed by atoms with Crippen molar-refractivity contribution in [3.8, 4) is 18.2 Å². The van der Waals surface area contributed by atoms with Crippen molar-refractivity contribution < 1.29 is 71.6 Å². The van der Waals surface area contributed by atoms with Gasteiger partial charge in [0.2, 0.25) is 17.7 Å². The number of rotatable bonds is 40. The Hall–Kier alpha value is -5.39. The van der Waals surface area contributed by atoms with Crippen LogP contribution in [0.5, 0.6) is 5.88 Å². The summed E-state index contributed by atoms with van der Waals surface area (Å²) in [6.07, 6.45) is 6.56. The predicted molar refractivity (Wildman–Crippen MR) is 251 cm³/mol. The SMILES string of the molecule is C#CCOCCOCCOCCOCCOCCOCCOCCOCCOCCOCCNC(=O)CC[C@H](NC(=O)c1ccc(NCc2cnc3nc(N)nc(O)c3n2)cc1)C(=O)OC(C)(C)C. The molecule has 0 saturated carbocycles. The van der Waals surface area contributed by atoms with E-state index in [0.29, 0.717) is 130 Å². The molecule has 2 amide bonds. The zero-order valence-electron chi connectivity index (χ0n) is 40.0. The first-order chi connectivity index (χ1) is 33.4. The first kappa shape index (κ1) is 57.9. The zero-order valence-corrected chi connectivity index (χ0v) is 40.0. The van der Waals surface area contributed by atoms with Gasteiger partial charge in [0.15, 0.2) is 11.2 Å². The van der Waals surface area contributed by atoms with E-state index in [2.05, 4.69) is 41.8 Å². The Bertz CT molecular complexity index is 1940. The quantitative estimate of drug-likeness (QED) is 0.0306. The van der Waals surface area contributed by atoms with Gasteiger partial charge in [-0.1, -0.05) is 5.92 Å². The Labute approximate surface area is 403 Å². The van der Waals surface area contributed by atoms with Gasteiger partial charge in [-0.15, -0.1) is 6.42 Å². The molecule has 2 aromatic heterocycles. The third kappa shape index (κ3) is 28.0. The number of esters is 1. The molecule has 0 unspecified atom stereocenters. The van der Waals surface area contributed by atoms with Crippen LogP contribution in [0.25, 0.3) is 11.2 Å². The minimum atomic E-state index is -1.07. The third-order valence-corrected chi connectivity index (χ3v) is 8.84. The number of benzene rings is 1. The number of aromatic nitrogens is 4. The molecule has 23 heteroatoms. The van der Waals surface area contributed by atoms with Crippen LogP contribution < -0.4 is 21.7 Å². The van der Waals surface area contributed by atoms with E-state index in [4.69, 9.17) is 64.3 Å². The Morgan fingerprint density at radius 3 is 1.65 bits per heavy atom. The largest absolute Gasteiger partial charge is 0.492 e. The molecular weight excluding hydrogens is 905 g/mol. The average Bonchev–Trinajstić information content (AvgIpc) is 3.32. The Morgan fingerprint density at radius 2 is 1.17 bits per heavy atom. The molecule has 1 aromatic carbocycles. The number of hydrogen-bond donors (Lipinski definition) is 5. The van der Waals surface area contributed by atoms with Gasteiger partial charge in [0.25, 0.3) is 5.91 Å². The summed E-state index contributed by atoms with van der Waals surface area (Å²) in [7, 11) is 0. The first-order valence-corrected chi connectivity index (χ1v) is 22.8. The fourth-order valence-corrected chi connectivity index (χ4v) is 5.56. The molecule has 3 rings (SSSR count). The zero-order chi connectivity index (χ0) is 49.8. The smallest absolute Gasteiger partial charge is 0.329 e. The molecule has 384 valence electrons. The molecule has 3 aromatic rings. The van der Waals surface area contributed by atoms with Crippen molar-refractivity contribution in [3.63, 3.8) is 0 Å². The lowest BCUT2D eigenvalue weighted by Gasteiger charge is -2.24. The minimum Gasteiger partial charge on any atom is -0.492 e. The average molecular weight is 975 g/mol. The summed E-state index contributed by atoms with van der Waals surface area (Å²) in [5.74, 6) is 0.421. The van der Waals surface area contributed by atoms with Crippen molar-refractivity contribution in [2.24, 2.45) is 0 Å². The number of amides is 2. The summed E-state index contributed by atoms with van der Waals surface area (Å²) in [5, 5.41) is 18.7. The summed E-state index contributed by atoms with van der Waals surface area (Å²) >= 11 is 0. The molecule has 0 saturated heterocycles. The third-order valence-electron chi connectivity index (χ3n) is 8.84. The van der Waals surface area contributed by atoms with Crippen LogP contribution in [0.3, 0.4) is 0 Å². The number of carbonyl (C=O) groups is 3. The van der Waals surface area contributed by atoms with Crippen molar-refractivity contribution in [2.45, 2.75) is 51.8 Å². The van der Waals surface area contributed by atoms with E-state index >= 15 is 0 Å². The van der Waals surface area contributed by atoms with E-state index in [9.17, 15) is 19.5 Å². The molecule has 2 heterocycles. The van der Waals surface area contributed by atoms with Crippen molar-refractivity contribution in [1.29, 1.82) is 0 Å². The predicted octanol–water partition coefficient (Wildman–Crippen LogP) is 1.46. The van der Waals surface area contributed by atoms with Gasteiger partial charge in [-0.3, -0.25) is 9.59 Å². The van der Waals surface area contributed by atoms with Crippen LogP contribution >= 0.6 is 0 Å². The first-order valence-electron chi connectivity index (χ1n) is 22.8. The van der Waals surface area contributed by atoms with Crippen LogP contribution in [0.2, 0.25) is 0 Å². The van der Waals surface area contributed by atoms with Gasteiger partial charge in [-0.2, -0.15) is 9.97 Å². The molecule has 0 fully saturated rings. The van der Waals surface area contributed by atoms with E-state index in [1.54, 1.807) is 45.0 Å². The Morgan fingerprint density at radius 1 is 0.696 bits per heavy atom. The summed E-state index contributed by atoms with van der Waals surface area (Å²) in [6.45, 7) is 14.2. The number of carbonyl (C=O) groups excluding carboxylic acids is 3. The van der Waals surface area contributed by atoms with Gasteiger partial charge in [0.1, 0.15) is 18.2 Å². The maximum Gasteiger partial charge on any atom is 0.329 e. The lowest BCUT2D eigenvalue weighted by molar-refractivity contribution is -0.157. The highest BCUT2D eigenvalue weighted by Crippen LogP contribution is 2.19. The molecule has 1 atom stereocenters.